The molecule has 0 aromatic carbocycles. The number of carboxylic acid groups (broad SMARTS) is 1. The van der Waals surface area contributed by atoms with Crippen molar-refractivity contribution in [2.45, 2.75) is 6.04 Å². The summed E-state index contributed by atoms with van der Waals surface area (Å²) >= 11 is 0. The number of rotatable bonds is 4. The van der Waals surface area contributed by atoms with Gasteiger partial charge in [0.1, 0.15) is 6.04 Å². The maximum atomic E-state index is 11.4. The molecule has 0 amide bonds. The molecule has 2 N–H and O–H groups in total. The highest BCUT2D eigenvalue weighted by atomic mass is 16.5. The van der Waals surface area contributed by atoms with Crippen LogP contribution < -0.4 is 10.1 Å². The van der Waals surface area contributed by atoms with Crippen LogP contribution in [0.15, 0.2) is 18.3 Å². The summed E-state index contributed by atoms with van der Waals surface area (Å²) in [5, 5.41) is 12.6. The molecule has 1 atom stereocenters. The molecule has 0 spiro atoms. The SMILES string of the molecule is COc1ccc(C(C(=O)O)N2CCNCC2)cn1. The van der Waals surface area contributed by atoms with Crippen molar-refractivity contribution in [2.75, 3.05) is 33.3 Å². The van der Waals surface area contributed by atoms with E-state index < -0.39 is 12.0 Å². The van der Waals surface area contributed by atoms with E-state index in [1.807, 2.05) is 4.90 Å². The first-order valence-electron chi connectivity index (χ1n) is 5.90. The highest BCUT2D eigenvalue weighted by Gasteiger charge is 2.28. The molecule has 1 saturated heterocycles. The predicted molar refractivity (Wildman–Crippen MR) is 65.6 cm³/mol. The van der Waals surface area contributed by atoms with Crippen LogP contribution in [0, 0.1) is 0 Å². The molecule has 18 heavy (non-hydrogen) atoms. The lowest BCUT2D eigenvalue weighted by Gasteiger charge is -2.32. The van der Waals surface area contributed by atoms with Gasteiger partial charge in [0.2, 0.25) is 5.88 Å². The molecule has 1 aliphatic rings. The molecule has 0 saturated carbocycles. The summed E-state index contributed by atoms with van der Waals surface area (Å²) in [6.45, 7) is 3.08. The Balaban J connectivity index is 2.20. The average Bonchev–Trinajstić information content (AvgIpc) is 2.40. The monoisotopic (exact) mass is 251 g/mol. The Morgan fingerprint density at radius 3 is 2.72 bits per heavy atom. The van der Waals surface area contributed by atoms with Crippen LogP contribution >= 0.6 is 0 Å². The molecular formula is C12H17N3O3. The number of hydrogen-bond donors (Lipinski definition) is 2. The fourth-order valence-electron chi connectivity index (χ4n) is 2.12. The zero-order chi connectivity index (χ0) is 13.0. The number of nitrogens with zero attached hydrogens (tertiary/aromatic N) is 2. The lowest BCUT2D eigenvalue weighted by Crippen LogP contribution is -2.47. The number of aliphatic carboxylic acids is 1. The molecule has 0 radical (unpaired) electrons. The smallest absolute Gasteiger partial charge is 0.325 e. The van der Waals surface area contributed by atoms with E-state index in [-0.39, 0.29) is 0 Å². The zero-order valence-corrected chi connectivity index (χ0v) is 10.3. The number of ether oxygens (including phenoxy) is 1. The number of hydrogen-bond acceptors (Lipinski definition) is 5. The molecule has 1 unspecified atom stereocenters. The fourth-order valence-corrected chi connectivity index (χ4v) is 2.12. The van der Waals surface area contributed by atoms with Gasteiger partial charge in [-0.1, -0.05) is 0 Å². The summed E-state index contributed by atoms with van der Waals surface area (Å²) < 4.78 is 4.97. The van der Waals surface area contributed by atoms with Gasteiger partial charge in [0.15, 0.2) is 0 Å². The molecule has 0 aliphatic carbocycles. The number of carboxylic acids is 1. The molecule has 2 rings (SSSR count). The average molecular weight is 251 g/mol. The molecule has 98 valence electrons. The standard InChI is InChI=1S/C12H17N3O3/c1-18-10-3-2-9(8-14-10)11(12(16)17)15-6-4-13-5-7-15/h2-3,8,11,13H,4-7H2,1H3,(H,16,17). The first-order chi connectivity index (χ1) is 8.72. The zero-order valence-electron chi connectivity index (χ0n) is 10.3. The summed E-state index contributed by atoms with van der Waals surface area (Å²) in [6, 6.07) is 2.81. The van der Waals surface area contributed by atoms with Gasteiger partial charge in [-0.3, -0.25) is 9.69 Å². The molecule has 1 aromatic heterocycles. The Morgan fingerprint density at radius 1 is 1.50 bits per heavy atom. The van der Waals surface area contributed by atoms with Gasteiger partial charge < -0.3 is 15.2 Å². The summed E-state index contributed by atoms with van der Waals surface area (Å²) in [6.07, 6.45) is 1.57. The van der Waals surface area contributed by atoms with Crippen LogP contribution in [0.3, 0.4) is 0 Å². The third-order valence-corrected chi connectivity index (χ3v) is 3.03. The van der Waals surface area contributed by atoms with E-state index in [1.165, 1.54) is 7.11 Å². The molecule has 0 bridgehead atoms. The van der Waals surface area contributed by atoms with Crippen molar-refractivity contribution in [3.05, 3.63) is 23.9 Å². The van der Waals surface area contributed by atoms with Crippen molar-refractivity contribution in [3.8, 4) is 5.88 Å². The Hall–Kier alpha value is -1.66. The van der Waals surface area contributed by atoms with Crippen LogP contribution in [-0.4, -0.2) is 54.2 Å². The van der Waals surface area contributed by atoms with E-state index in [4.69, 9.17) is 4.74 Å². The van der Waals surface area contributed by atoms with Gasteiger partial charge in [-0.15, -0.1) is 0 Å². The topological polar surface area (TPSA) is 74.7 Å². The Bertz CT molecular complexity index is 402. The molecule has 2 heterocycles. The minimum Gasteiger partial charge on any atom is -0.481 e. The first kappa shape index (κ1) is 12.8. The largest absolute Gasteiger partial charge is 0.481 e. The van der Waals surface area contributed by atoms with Crippen LogP contribution in [0.4, 0.5) is 0 Å². The molecule has 6 nitrogen and oxygen atoms in total. The second-order valence-electron chi connectivity index (χ2n) is 4.16. The van der Waals surface area contributed by atoms with Crippen molar-refractivity contribution in [3.63, 3.8) is 0 Å². The van der Waals surface area contributed by atoms with Crippen LogP contribution in [0.2, 0.25) is 0 Å². The maximum absolute atomic E-state index is 11.4. The van der Waals surface area contributed by atoms with Gasteiger partial charge in [0.05, 0.1) is 7.11 Å². The molecule has 1 aromatic rings. The maximum Gasteiger partial charge on any atom is 0.325 e. The van der Waals surface area contributed by atoms with Gasteiger partial charge in [-0.25, -0.2) is 4.98 Å². The number of aromatic nitrogens is 1. The minimum atomic E-state index is -0.844. The van der Waals surface area contributed by atoms with E-state index in [9.17, 15) is 9.90 Å². The van der Waals surface area contributed by atoms with E-state index in [1.54, 1.807) is 18.3 Å². The Morgan fingerprint density at radius 2 is 2.22 bits per heavy atom. The van der Waals surface area contributed by atoms with Crippen molar-refractivity contribution in [1.82, 2.24) is 15.2 Å². The number of pyridine rings is 1. The second kappa shape index (κ2) is 5.79. The molecular weight excluding hydrogens is 234 g/mol. The molecule has 1 aliphatic heterocycles. The van der Waals surface area contributed by atoms with E-state index in [0.717, 1.165) is 26.2 Å². The number of methoxy groups -OCH3 is 1. The minimum absolute atomic E-state index is 0.489. The molecule has 6 heteroatoms. The summed E-state index contributed by atoms with van der Waals surface area (Å²) in [5.74, 6) is -0.355. The van der Waals surface area contributed by atoms with E-state index in [2.05, 4.69) is 10.3 Å². The van der Waals surface area contributed by atoms with Gasteiger partial charge in [-0.05, 0) is 11.6 Å². The van der Waals surface area contributed by atoms with Crippen LogP contribution in [0.25, 0.3) is 0 Å². The van der Waals surface area contributed by atoms with Gasteiger partial charge in [0, 0.05) is 38.4 Å². The van der Waals surface area contributed by atoms with Crippen molar-refractivity contribution in [1.29, 1.82) is 0 Å². The summed E-state index contributed by atoms with van der Waals surface area (Å²) in [4.78, 5) is 17.4. The lowest BCUT2D eigenvalue weighted by atomic mass is 10.1. The first-order valence-corrected chi connectivity index (χ1v) is 5.90. The number of carbonyl (C=O) groups is 1. The highest BCUT2D eigenvalue weighted by molar-refractivity contribution is 5.75. The Labute approximate surface area is 106 Å². The van der Waals surface area contributed by atoms with E-state index >= 15 is 0 Å². The van der Waals surface area contributed by atoms with Crippen molar-refractivity contribution in [2.24, 2.45) is 0 Å². The second-order valence-corrected chi connectivity index (χ2v) is 4.16. The summed E-state index contributed by atoms with van der Waals surface area (Å²) in [5.41, 5.74) is 0.685. The number of nitrogens with one attached hydrogen (secondary N) is 1. The van der Waals surface area contributed by atoms with Crippen molar-refractivity contribution < 1.29 is 14.6 Å². The fraction of sp³-hybridized carbons (Fsp3) is 0.500. The highest BCUT2D eigenvalue weighted by Crippen LogP contribution is 2.22. The quantitative estimate of drug-likeness (QED) is 0.792. The third kappa shape index (κ3) is 2.77. The lowest BCUT2D eigenvalue weighted by molar-refractivity contribution is -0.143. The normalized spacial score (nSPS) is 18.3. The third-order valence-electron chi connectivity index (χ3n) is 3.03. The van der Waals surface area contributed by atoms with Crippen molar-refractivity contribution >= 4 is 5.97 Å². The van der Waals surface area contributed by atoms with Gasteiger partial charge in [-0.2, -0.15) is 0 Å². The summed E-state index contributed by atoms with van der Waals surface area (Å²) in [7, 11) is 1.53. The van der Waals surface area contributed by atoms with Crippen LogP contribution in [0.5, 0.6) is 5.88 Å². The number of piperazine rings is 1. The van der Waals surface area contributed by atoms with Crippen LogP contribution in [0.1, 0.15) is 11.6 Å². The van der Waals surface area contributed by atoms with Gasteiger partial charge >= 0.3 is 5.97 Å². The van der Waals surface area contributed by atoms with Gasteiger partial charge in [0.25, 0.3) is 0 Å². The molecule has 1 fully saturated rings. The van der Waals surface area contributed by atoms with Crippen LogP contribution in [-0.2, 0) is 4.79 Å². The predicted octanol–water partition coefficient (Wildman–Crippen LogP) is 0.121. The van der Waals surface area contributed by atoms with E-state index in [0.29, 0.717) is 11.4 Å². The Kier molecular flexibility index (Phi) is 4.11.